The molecule has 1 N–H and O–H groups in total. The van der Waals surface area contributed by atoms with Crippen LogP contribution in [0.4, 0.5) is 5.69 Å². The van der Waals surface area contributed by atoms with Gasteiger partial charge in [-0.15, -0.1) is 11.3 Å². The maximum atomic E-state index is 12.3. The fraction of sp³-hybridized carbons (Fsp3) is 0.158. The van der Waals surface area contributed by atoms with Gasteiger partial charge in [0.2, 0.25) is 0 Å². The molecule has 0 saturated heterocycles. The average Bonchev–Trinajstić information content (AvgIpc) is 3.08. The van der Waals surface area contributed by atoms with Crippen molar-refractivity contribution in [2.24, 2.45) is 0 Å². The minimum absolute atomic E-state index is 0.206. The number of thiazole rings is 1. The fourth-order valence-electron chi connectivity index (χ4n) is 2.23. The number of nitrogens with zero attached hydrogens (tertiary/aromatic N) is 1. The maximum Gasteiger partial charge on any atom is 0.275 e. The van der Waals surface area contributed by atoms with Gasteiger partial charge in [-0.25, -0.2) is 4.98 Å². The van der Waals surface area contributed by atoms with Crippen molar-refractivity contribution in [3.8, 4) is 16.3 Å². The highest BCUT2D eigenvalue weighted by molar-refractivity contribution is 7.13. The monoisotopic (exact) mass is 338 g/mol. The molecule has 3 aromatic rings. The van der Waals surface area contributed by atoms with Crippen LogP contribution in [0.5, 0.6) is 5.75 Å². The van der Waals surface area contributed by atoms with E-state index in [9.17, 15) is 4.79 Å². The molecule has 0 saturated carbocycles. The zero-order valence-corrected chi connectivity index (χ0v) is 14.4. The van der Waals surface area contributed by atoms with Gasteiger partial charge in [-0.3, -0.25) is 4.79 Å². The van der Waals surface area contributed by atoms with Crippen LogP contribution in [0.2, 0.25) is 0 Å². The summed E-state index contributed by atoms with van der Waals surface area (Å²) in [6.07, 6.45) is 0. The molecule has 3 rings (SSSR count). The van der Waals surface area contributed by atoms with Crippen molar-refractivity contribution >= 4 is 22.9 Å². The summed E-state index contributed by atoms with van der Waals surface area (Å²) in [7, 11) is 0. The molecule has 0 radical (unpaired) electrons. The molecule has 0 unspecified atom stereocenters. The van der Waals surface area contributed by atoms with Gasteiger partial charge in [-0.1, -0.05) is 29.8 Å². The Labute approximate surface area is 145 Å². The van der Waals surface area contributed by atoms with Crippen LogP contribution in [0.3, 0.4) is 0 Å². The van der Waals surface area contributed by atoms with Gasteiger partial charge in [-0.05, 0) is 38.1 Å². The van der Waals surface area contributed by atoms with Crippen molar-refractivity contribution in [3.63, 3.8) is 0 Å². The minimum Gasteiger partial charge on any atom is -0.494 e. The van der Waals surface area contributed by atoms with Crippen molar-refractivity contribution in [2.75, 3.05) is 11.9 Å². The highest BCUT2D eigenvalue weighted by Crippen LogP contribution is 2.27. The molecule has 1 heterocycles. The van der Waals surface area contributed by atoms with E-state index >= 15 is 0 Å². The number of hydrogen-bond acceptors (Lipinski definition) is 4. The molecule has 1 aromatic heterocycles. The van der Waals surface area contributed by atoms with E-state index in [1.807, 2.05) is 62.4 Å². The van der Waals surface area contributed by atoms with Gasteiger partial charge in [0.05, 0.1) is 6.61 Å². The van der Waals surface area contributed by atoms with E-state index in [0.29, 0.717) is 12.3 Å². The Balaban J connectivity index is 1.76. The van der Waals surface area contributed by atoms with Crippen LogP contribution >= 0.6 is 11.3 Å². The third-order valence-corrected chi connectivity index (χ3v) is 4.33. The molecule has 1 amide bonds. The van der Waals surface area contributed by atoms with Crippen LogP contribution < -0.4 is 10.1 Å². The number of ether oxygens (including phenoxy) is 1. The number of anilines is 1. The topological polar surface area (TPSA) is 51.2 Å². The SMILES string of the molecule is CCOc1cccc(-c2nc(C(=O)Nc3ccc(C)cc3)cs2)c1. The molecule has 0 aliphatic carbocycles. The summed E-state index contributed by atoms with van der Waals surface area (Å²) in [5.74, 6) is 0.596. The Morgan fingerprint density at radius 2 is 2.00 bits per heavy atom. The lowest BCUT2D eigenvalue weighted by molar-refractivity contribution is 0.102. The molecule has 2 aromatic carbocycles. The number of rotatable bonds is 5. The van der Waals surface area contributed by atoms with Crippen LogP contribution in [0.15, 0.2) is 53.9 Å². The van der Waals surface area contributed by atoms with Crippen LogP contribution in [0, 0.1) is 6.92 Å². The summed E-state index contributed by atoms with van der Waals surface area (Å²) in [4.78, 5) is 16.8. The van der Waals surface area contributed by atoms with E-state index in [1.54, 1.807) is 5.38 Å². The average molecular weight is 338 g/mol. The van der Waals surface area contributed by atoms with E-state index in [2.05, 4.69) is 10.3 Å². The Morgan fingerprint density at radius 3 is 2.75 bits per heavy atom. The van der Waals surface area contributed by atoms with E-state index in [1.165, 1.54) is 11.3 Å². The van der Waals surface area contributed by atoms with Crippen LogP contribution in [0.1, 0.15) is 23.0 Å². The zero-order chi connectivity index (χ0) is 16.9. The normalized spacial score (nSPS) is 10.4. The van der Waals surface area contributed by atoms with Gasteiger partial charge in [0, 0.05) is 16.6 Å². The first-order valence-electron chi connectivity index (χ1n) is 7.72. The van der Waals surface area contributed by atoms with E-state index in [-0.39, 0.29) is 5.91 Å². The van der Waals surface area contributed by atoms with E-state index < -0.39 is 0 Å². The molecule has 0 aliphatic rings. The summed E-state index contributed by atoms with van der Waals surface area (Å²) in [6, 6.07) is 15.4. The maximum absolute atomic E-state index is 12.3. The molecule has 0 spiro atoms. The van der Waals surface area contributed by atoms with Gasteiger partial charge < -0.3 is 10.1 Å². The first-order valence-corrected chi connectivity index (χ1v) is 8.60. The largest absolute Gasteiger partial charge is 0.494 e. The van der Waals surface area contributed by atoms with Crippen molar-refractivity contribution in [1.29, 1.82) is 0 Å². The third kappa shape index (κ3) is 3.81. The van der Waals surface area contributed by atoms with Gasteiger partial charge >= 0.3 is 0 Å². The summed E-state index contributed by atoms with van der Waals surface area (Å²) in [6.45, 7) is 4.57. The van der Waals surface area contributed by atoms with Crippen LogP contribution in [-0.2, 0) is 0 Å². The highest BCUT2D eigenvalue weighted by atomic mass is 32.1. The predicted octanol–water partition coefficient (Wildman–Crippen LogP) is 4.77. The first kappa shape index (κ1) is 16.2. The standard InChI is InChI=1S/C19H18N2O2S/c1-3-23-16-6-4-5-14(11-16)19-21-17(12-24-19)18(22)20-15-9-7-13(2)8-10-15/h4-12H,3H2,1-2H3,(H,20,22). The molecule has 0 bridgehead atoms. The number of benzene rings is 2. The lowest BCUT2D eigenvalue weighted by Crippen LogP contribution is -2.12. The summed E-state index contributed by atoms with van der Waals surface area (Å²) < 4.78 is 5.51. The van der Waals surface area contributed by atoms with Gasteiger partial charge in [-0.2, -0.15) is 0 Å². The second-order valence-electron chi connectivity index (χ2n) is 5.32. The number of aromatic nitrogens is 1. The Hall–Kier alpha value is -2.66. The molecule has 122 valence electrons. The summed E-state index contributed by atoms with van der Waals surface area (Å²) >= 11 is 1.44. The molecule has 24 heavy (non-hydrogen) atoms. The molecule has 5 heteroatoms. The van der Waals surface area contributed by atoms with Gasteiger partial charge in [0.15, 0.2) is 0 Å². The van der Waals surface area contributed by atoms with Gasteiger partial charge in [0.1, 0.15) is 16.5 Å². The van der Waals surface area contributed by atoms with Crippen LogP contribution in [0.25, 0.3) is 10.6 Å². The Kier molecular flexibility index (Phi) is 4.91. The van der Waals surface area contributed by atoms with Gasteiger partial charge in [0.25, 0.3) is 5.91 Å². The smallest absolute Gasteiger partial charge is 0.275 e. The number of aryl methyl sites for hydroxylation is 1. The quantitative estimate of drug-likeness (QED) is 0.729. The third-order valence-electron chi connectivity index (χ3n) is 3.44. The van der Waals surface area contributed by atoms with Crippen LogP contribution in [-0.4, -0.2) is 17.5 Å². The molecule has 0 fully saturated rings. The highest BCUT2D eigenvalue weighted by Gasteiger charge is 2.12. The minimum atomic E-state index is -0.206. The number of carbonyl (C=O) groups excluding carboxylic acids is 1. The number of amides is 1. The molecule has 0 atom stereocenters. The number of carbonyl (C=O) groups is 1. The number of nitrogens with one attached hydrogen (secondary N) is 1. The molecular weight excluding hydrogens is 320 g/mol. The molecule has 4 nitrogen and oxygen atoms in total. The summed E-state index contributed by atoms with van der Waals surface area (Å²) in [5, 5.41) is 5.43. The lowest BCUT2D eigenvalue weighted by Gasteiger charge is -2.04. The second kappa shape index (κ2) is 7.27. The Morgan fingerprint density at radius 1 is 1.21 bits per heavy atom. The molecular formula is C19H18N2O2S. The van der Waals surface area contributed by atoms with Crippen molar-refractivity contribution in [2.45, 2.75) is 13.8 Å². The number of hydrogen-bond donors (Lipinski definition) is 1. The fourth-order valence-corrected chi connectivity index (χ4v) is 3.03. The zero-order valence-electron chi connectivity index (χ0n) is 13.6. The second-order valence-corrected chi connectivity index (χ2v) is 6.18. The van der Waals surface area contributed by atoms with E-state index in [4.69, 9.17) is 4.74 Å². The first-order chi connectivity index (χ1) is 11.7. The van der Waals surface area contributed by atoms with Crippen molar-refractivity contribution in [1.82, 2.24) is 4.98 Å². The molecule has 0 aliphatic heterocycles. The Bertz CT molecular complexity index is 841. The van der Waals surface area contributed by atoms with E-state index in [0.717, 1.165) is 27.6 Å². The lowest BCUT2D eigenvalue weighted by atomic mass is 10.2. The summed E-state index contributed by atoms with van der Waals surface area (Å²) in [5.41, 5.74) is 3.27. The predicted molar refractivity (Wildman–Crippen MR) is 97.9 cm³/mol. The van der Waals surface area contributed by atoms with Crippen molar-refractivity contribution in [3.05, 3.63) is 65.2 Å². The van der Waals surface area contributed by atoms with Crippen molar-refractivity contribution < 1.29 is 9.53 Å².